The van der Waals surface area contributed by atoms with Gasteiger partial charge in [0.2, 0.25) is 0 Å². The van der Waals surface area contributed by atoms with E-state index in [0.29, 0.717) is 30.0 Å². The second-order valence-corrected chi connectivity index (χ2v) is 9.54. The molecule has 0 amide bonds. The van der Waals surface area contributed by atoms with Crippen LogP contribution in [0.1, 0.15) is 27.7 Å². The van der Waals surface area contributed by atoms with Gasteiger partial charge in [-0.05, 0) is 57.4 Å². The molecule has 4 heterocycles. The first-order chi connectivity index (χ1) is 15.6. The molecule has 2 aromatic heterocycles. The van der Waals surface area contributed by atoms with E-state index in [9.17, 15) is 4.39 Å². The third kappa shape index (κ3) is 3.01. The number of hydrogen-bond acceptors (Lipinski definition) is 7. The van der Waals surface area contributed by atoms with Gasteiger partial charge < -0.3 is 34.5 Å². The van der Waals surface area contributed by atoms with Crippen LogP contribution in [-0.4, -0.2) is 41.4 Å². The van der Waals surface area contributed by atoms with E-state index in [1.165, 1.54) is 6.07 Å². The van der Waals surface area contributed by atoms with Crippen LogP contribution in [0.2, 0.25) is 0 Å². The summed E-state index contributed by atoms with van der Waals surface area (Å²) in [6, 6.07) is 7.04. The zero-order valence-corrected chi connectivity index (χ0v) is 18.8. The highest BCUT2D eigenvalue weighted by Crippen LogP contribution is 2.43. The van der Waals surface area contributed by atoms with Crippen LogP contribution < -0.4 is 21.3 Å². The Hall–Kier alpha value is -3.24. The Balaban J connectivity index is 1.52. The minimum Gasteiger partial charge on any atom is -0.491 e. The maximum atomic E-state index is 14.7. The molecule has 0 atom stereocenters. The number of aromatic amines is 1. The molecule has 2 aromatic carbocycles. The molecular weight excluding hydrogens is 426 g/mol. The Labute approximate surface area is 189 Å². The summed E-state index contributed by atoms with van der Waals surface area (Å²) < 4.78 is 38.5. The molecule has 4 N–H and O–H groups in total. The highest BCUT2D eigenvalue weighted by molar-refractivity contribution is 6.62. The van der Waals surface area contributed by atoms with Crippen LogP contribution in [0.4, 0.5) is 16.1 Å². The van der Waals surface area contributed by atoms with Crippen molar-refractivity contribution in [3.63, 3.8) is 0 Å². The lowest BCUT2D eigenvalue weighted by Gasteiger charge is -2.32. The van der Waals surface area contributed by atoms with Gasteiger partial charge in [-0.2, -0.15) is 4.98 Å². The van der Waals surface area contributed by atoms with E-state index in [-0.39, 0.29) is 11.6 Å². The van der Waals surface area contributed by atoms with Crippen molar-refractivity contribution < 1.29 is 22.9 Å². The molecule has 33 heavy (non-hydrogen) atoms. The zero-order chi connectivity index (χ0) is 23.1. The number of anilines is 2. The number of nitrogens with zero attached hydrogens (tertiary/aromatic N) is 1. The van der Waals surface area contributed by atoms with Crippen molar-refractivity contribution in [1.82, 2.24) is 9.97 Å². The van der Waals surface area contributed by atoms with Crippen LogP contribution >= 0.6 is 0 Å². The molecule has 8 nitrogen and oxygen atoms in total. The Morgan fingerprint density at radius 1 is 1.09 bits per heavy atom. The molecular formula is C23H24BFN4O4. The first-order valence-electron chi connectivity index (χ1n) is 10.9. The number of oxazole rings is 1. The van der Waals surface area contributed by atoms with Crippen molar-refractivity contribution in [2.45, 2.75) is 38.9 Å². The molecule has 6 rings (SSSR count). The van der Waals surface area contributed by atoms with Crippen molar-refractivity contribution in [2.24, 2.45) is 0 Å². The van der Waals surface area contributed by atoms with Crippen molar-refractivity contribution in [1.29, 1.82) is 0 Å². The summed E-state index contributed by atoms with van der Waals surface area (Å²) in [6.45, 7) is 9.17. The Kier molecular flexibility index (Phi) is 4.10. The molecule has 2 aliphatic rings. The number of halogens is 1. The zero-order valence-electron chi connectivity index (χ0n) is 18.8. The van der Waals surface area contributed by atoms with Crippen LogP contribution in [0.15, 0.2) is 28.7 Å². The van der Waals surface area contributed by atoms with E-state index in [1.807, 2.05) is 39.8 Å². The van der Waals surface area contributed by atoms with Crippen molar-refractivity contribution in [2.75, 3.05) is 24.2 Å². The van der Waals surface area contributed by atoms with Gasteiger partial charge in [0, 0.05) is 12.1 Å². The van der Waals surface area contributed by atoms with Crippen LogP contribution in [0, 0.1) is 5.82 Å². The van der Waals surface area contributed by atoms with Gasteiger partial charge in [0.05, 0.1) is 33.5 Å². The number of hydrogen-bond donors (Lipinski definition) is 3. The summed E-state index contributed by atoms with van der Waals surface area (Å²) in [5.41, 5.74) is 8.98. The van der Waals surface area contributed by atoms with Crippen molar-refractivity contribution >= 4 is 46.3 Å². The highest BCUT2D eigenvalue weighted by atomic mass is 19.1. The fourth-order valence-electron chi connectivity index (χ4n) is 4.43. The second-order valence-electron chi connectivity index (χ2n) is 9.54. The van der Waals surface area contributed by atoms with E-state index in [0.717, 1.165) is 27.7 Å². The van der Waals surface area contributed by atoms with E-state index in [1.54, 1.807) is 6.07 Å². The predicted octanol–water partition coefficient (Wildman–Crippen LogP) is 3.80. The number of fused-ring (bicyclic) bond motifs is 1. The number of rotatable bonds is 2. The van der Waals surface area contributed by atoms with Crippen molar-refractivity contribution in [3.05, 3.63) is 30.1 Å². The van der Waals surface area contributed by atoms with Gasteiger partial charge in [-0.1, -0.05) is 0 Å². The summed E-state index contributed by atoms with van der Waals surface area (Å²) in [7, 11) is -0.530. The summed E-state index contributed by atoms with van der Waals surface area (Å²) in [6.07, 6.45) is 0. The average Bonchev–Trinajstić information content (AvgIpc) is 3.29. The first-order valence-corrected chi connectivity index (χ1v) is 10.9. The van der Waals surface area contributed by atoms with Gasteiger partial charge in [-0.15, -0.1) is 0 Å². The number of benzene rings is 2. The summed E-state index contributed by atoms with van der Waals surface area (Å²) in [5, 5.41) is 4.31. The molecule has 0 unspecified atom stereocenters. The first kappa shape index (κ1) is 20.4. The van der Waals surface area contributed by atoms with Gasteiger partial charge in [-0.3, -0.25) is 0 Å². The average molecular weight is 450 g/mol. The largest absolute Gasteiger partial charge is 0.495 e. The minimum atomic E-state index is -0.530. The molecule has 0 radical (unpaired) electrons. The number of nitrogen functional groups attached to an aromatic ring is 1. The third-order valence-electron chi connectivity index (χ3n) is 6.82. The summed E-state index contributed by atoms with van der Waals surface area (Å²) in [4.78, 5) is 7.53. The number of nitrogens with two attached hydrogens (primary N) is 1. The van der Waals surface area contributed by atoms with Crippen LogP contribution in [0.5, 0.6) is 5.75 Å². The van der Waals surface area contributed by atoms with Gasteiger partial charge in [0.25, 0.3) is 6.01 Å². The lowest BCUT2D eigenvalue weighted by Crippen LogP contribution is -2.41. The van der Waals surface area contributed by atoms with Gasteiger partial charge in [0.1, 0.15) is 17.9 Å². The molecule has 2 aliphatic heterocycles. The van der Waals surface area contributed by atoms with Crippen molar-refractivity contribution in [3.8, 4) is 17.0 Å². The summed E-state index contributed by atoms with van der Waals surface area (Å²) in [5.74, 6) is 0.188. The quantitative estimate of drug-likeness (QED) is 0.399. The molecule has 170 valence electrons. The van der Waals surface area contributed by atoms with Crippen LogP contribution in [0.25, 0.3) is 33.3 Å². The normalized spacial score (nSPS) is 19.0. The molecule has 0 aliphatic carbocycles. The Bertz CT molecular complexity index is 1410. The van der Waals surface area contributed by atoms with E-state index in [4.69, 9.17) is 24.2 Å². The van der Waals surface area contributed by atoms with Gasteiger partial charge in [0.15, 0.2) is 11.4 Å². The maximum Gasteiger partial charge on any atom is 0.495 e. The molecule has 0 spiro atoms. The van der Waals surface area contributed by atoms with Crippen LogP contribution in [-0.2, 0) is 9.31 Å². The topological polar surface area (TPSA) is 108 Å². The highest BCUT2D eigenvalue weighted by Gasteiger charge is 2.52. The van der Waals surface area contributed by atoms with E-state index < -0.39 is 24.1 Å². The number of aromatic nitrogens is 2. The Morgan fingerprint density at radius 3 is 2.61 bits per heavy atom. The standard InChI is InChI=1S/C23H24BFN4O4/c1-22(2)23(3,4)33-24(32-22)12-9-14-17-16(10-12)30-6-5-27-19(17)18(28-14)11-7-13(25)20-15(8-11)29-21(26)31-20/h7-10,27-28H,5-6H2,1-4H3,(H2,26,29). The Morgan fingerprint density at radius 2 is 1.85 bits per heavy atom. The van der Waals surface area contributed by atoms with Gasteiger partial charge >= 0.3 is 7.12 Å². The van der Waals surface area contributed by atoms with E-state index in [2.05, 4.69) is 15.3 Å². The lowest BCUT2D eigenvalue weighted by atomic mass is 9.78. The molecule has 10 heteroatoms. The van der Waals surface area contributed by atoms with E-state index >= 15 is 0 Å². The second kappa shape index (κ2) is 6.65. The fourth-order valence-corrected chi connectivity index (χ4v) is 4.43. The predicted molar refractivity (Wildman–Crippen MR) is 125 cm³/mol. The smallest absolute Gasteiger partial charge is 0.491 e. The minimum absolute atomic E-state index is 0.0401. The fraction of sp³-hybridized carbons (Fsp3) is 0.348. The molecule has 1 saturated heterocycles. The third-order valence-corrected chi connectivity index (χ3v) is 6.82. The monoisotopic (exact) mass is 450 g/mol. The SMILES string of the molecule is CC1(C)OB(c2cc3c4c(c(-c5cc(F)c6oc(N)nc6c5)[nH]c4c2)NCCO3)OC1(C)C. The molecule has 0 saturated carbocycles. The number of nitrogens with one attached hydrogen (secondary N) is 2. The summed E-state index contributed by atoms with van der Waals surface area (Å²) >= 11 is 0. The number of ether oxygens (including phenoxy) is 1. The van der Waals surface area contributed by atoms with Crippen LogP contribution in [0.3, 0.4) is 0 Å². The lowest BCUT2D eigenvalue weighted by molar-refractivity contribution is 0.00578. The number of H-pyrrole nitrogens is 1. The van der Waals surface area contributed by atoms with Gasteiger partial charge in [-0.25, -0.2) is 4.39 Å². The molecule has 4 aromatic rings. The molecule has 0 bridgehead atoms. The molecule has 1 fully saturated rings. The maximum absolute atomic E-state index is 14.7.